The van der Waals surface area contributed by atoms with Crippen LogP contribution in [0.3, 0.4) is 0 Å². The van der Waals surface area contributed by atoms with Crippen LogP contribution in [0.2, 0.25) is 0 Å². The third kappa shape index (κ3) is 6.09. The van der Waals surface area contributed by atoms with Gasteiger partial charge in [-0.1, -0.05) is 35.5 Å². The monoisotopic (exact) mass is 564 g/mol. The summed E-state index contributed by atoms with van der Waals surface area (Å²) in [5.41, 5.74) is -0.0844. The second-order valence-electron chi connectivity index (χ2n) is 14.7. The molecule has 1 aliphatic heterocycles. The molecule has 3 saturated carbocycles. The number of amides is 2. The highest BCUT2D eigenvalue weighted by molar-refractivity contribution is 5.70. The smallest absolute Gasteiger partial charge is 0.410 e. The number of carbonyl (C=O) groups is 2. The molecule has 0 unspecified atom stereocenters. The van der Waals surface area contributed by atoms with Gasteiger partial charge in [0.25, 0.3) is 0 Å². The number of hydrogen-bond donors (Lipinski definition) is 0. The van der Waals surface area contributed by atoms with Gasteiger partial charge in [-0.25, -0.2) is 9.59 Å². The van der Waals surface area contributed by atoms with E-state index in [-0.39, 0.29) is 29.6 Å². The van der Waals surface area contributed by atoms with E-state index < -0.39 is 11.2 Å². The first-order valence-corrected chi connectivity index (χ1v) is 15.2. The lowest BCUT2D eigenvalue weighted by molar-refractivity contribution is 0.0207. The molecular formula is C32H44N4O5. The summed E-state index contributed by atoms with van der Waals surface area (Å²) in [6.45, 7) is 13.4. The van der Waals surface area contributed by atoms with E-state index in [0.717, 1.165) is 45.2 Å². The van der Waals surface area contributed by atoms with Crippen molar-refractivity contribution in [3.05, 3.63) is 47.6 Å². The standard InChI is InChI=1S/C32H44N4O5/c1-30(2,3)39-28(37)35-17-22-14-21(15-23(22)18-35)26-33-27(34-41-26)32(12-13-32)19-36(29(38)40-31(4,5)6)25-16-24(25)20-10-8-7-9-11-20/h7-11,21-25H,12-19H2,1-6H3/t21-,22-,23+,24-,25+/m0/s1. The number of ether oxygens (including phenoxy) is 2. The number of fused-ring (bicyclic) bond motifs is 1. The fraction of sp³-hybridized carbons (Fsp3) is 0.688. The molecule has 41 heavy (non-hydrogen) atoms. The summed E-state index contributed by atoms with van der Waals surface area (Å²) in [7, 11) is 0. The number of aromatic nitrogens is 2. The predicted octanol–water partition coefficient (Wildman–Crippen LogP) is 6.25. The summed E-state index contributed by atoms with van der Waals surface area (Å²) in [4.78, 5) is 34.7. The topological polar surface area (TPSA) is 98.0 Å². The van der Waals surface area contributed by atoms with Crippen LogP contribution in [0.25, 0.3) is 0 Å². The maximum absolute atomic E-state index is 13.4. The predicted molar refractivity (Wildman–Crippen MR) is 152 cm³/mol. The lowest BCUT2D eigenvalue weighted by Gasteiger charge is -2.30. The summed E-state index contributed by atoms with van der Waals surface area (Å²) in [6, 6.07) is 10.5. The van der Waals surface area contributed by atoms with Crippen LogP contribution in [0.15, 0.2) is 34.9 Å². The van der Waals surface area contributed by atoms with Gasteiger partial charge in [-0.3, -0.25) is 0 Å². The van der Waals surface area contributed by atoms with Crippen LogP contribution in [0, 0.1) is 11.8 Å². The highest BCUT2D eigenvalue weighted by Crippen LogP contribution is 2.53. The van der Waals surface area contributed by atoms with Crippen LogP contribution in [-0.2, 0) is 14.9 Å². The van der Waals surface area contributed by atoms with Crippen LogP contribution in [0.1, 0.15) is 103 Å². The zero-order valence-corrected chi connectivity index (χ0v) is 25.3. The maximum atomic E-state index is 13.4. The first-order valence-electron chi connectivity index (χ1n) is 15.2. The van der Waals surface area contributed by atoms with Crippen molar-refractivity contribution in [3.63, 3.8) is 0 Å². The van der Waals surface area contributed by atoms with E-state index in [0.29, 0.717) is 36.0 Å². The van der Waals surface area contributed by atoms with Crippen molar-refractivity contribution in [2.75, 3.05) is 19.6 Å². The Morgan fingerprint density at radius 2 is 1.61 bits per heavy atom. The Morgan fingerprint density at radius 1 is 0.976 bits per heavy atom. The first-order chi connectivity index (χ1) is 19.3. The van der Waals surface area contributed by atoms with E-state index in [1.165, 1.54) is 5.56 Å². The Balaban J connectivity index is 1.12. The van der Waals surface area contributed by atoms with Gasteiger partial charge in [-0.2, -0.15) is 4.98 Å². The normalized spacial score (nSPS) is 28.2. The Bertz CT molecular complexity index is 1260. The van der Waals surface area contributed by atoms with Crippen LogP contribution in [0.5, 0.6) is 0 Å². The van der Waals surface area contributed by atoms with Gasteiger partial charge >= 0.3 is 12.2 Å². The summed E-state index contributed by atoms with van der Waals surface area (Å²) in [6.07, 6.45) is 4.16. The largest absolute Gasteiger partial charge is 0.444 e. The number of hydrogen-bond acceptors (Lipinski definition) is 7. The van der Waals surface area contributed by atoms with E-state index in [4.69, 9.17) is 19.0 Å². The number of benzene rings is 1. The number of carbonyl (C=O) groups excluding carboxylic acids is 2. The average molecular weight is 565 g/mol. The molecule has 0 radical (unpaired) electrons. The number of likely N-dealkylation sites (tertiary alicyclic amines) is 1. The zero-order chi connectivity index (χ0) is 29.2. The zero-order valence-electron chi connectivity index (χ0n) is 25.3. The molecule has 1 aromatic heterocycles. The highest BCUT2D eigenvalue weighted by atomic mass is 16.6. The van der Waals surface area contributed by atoms with Crippen LogP contribution < -0.4 is 0 Å². The molecule has 0 N–H and O–H groups in total. The summed E-state index contributed by atoms with van der Waals surface area (Å²) >= 11 is 0. The van der Waals surface area contributed by atoms with Crippen molar-refractivity contribution in [2.45, 2.75) is 108 Å². The molecule has 4 fully saturated rings. The van der Waals surface area contributed by atoms with Crippen LogP contribution in [-0.4, -0.2) is 69.0 Å². The Kier molecular flexibility index (Phi) is 6.85. The molecule has 2 heterocycles. The Hall–Kier alpha value is -3.10. The Labute approximate surface area is 242 Å². The molecule has 4 aliphatic rings. The maximum Gasteiger partial charge on any atom is 0.410 e. The van der Waals surface area contributed by atoms with E-state index in [1.807, 2.05) is 57.4 Å². The Morgan fingerprint density at radius 3 is 2.20 bits per heavy atom. The van der Waals surface area contributed by atoms with Crippen LogP contribution >= 0.6 is 0 Å². The van der Waals surface area contributed by atoms with Gasteiger partial charge in [0.1, 0.15) is 11.2 Å². The molecule has 5 atom stereocenters. The quantitative estimate of drug-likeness (QED) is 0.409. The van der Waals surface area contributed by atoms with Gasteiger partial charge in [0, 0.05) is 37.5 Å². The fourth-order valence-corrected chi connectivity index (χ4v) is 6.75. The third-order valence-electron chi connectivity index (χ3n) is 9.01. The van der Waals surface area contributed by atoms with Gasteiger partial charge in [-0.15, -0.1) is 0 Å². The number of nitrogens with zero attached hydrogens (tertiary/aromatic N) is 4. The second kappa shape index (κ2) is 10.0. The minimum absolute atomic E-state index is 0.109. The lowest BCUT2D eigenvalue weighted by Crippen LogP contribution is -2.43. The summed E-state index contributed by atoms with van der Waals surface area (Å²) in [5, 5.41) is 4.47. The van der Waals surface area contributed by atoms with Crippen molar-refractivity contribution in [1.82, 2.24) is 19.9 Å². The lowest BCUT2D eigenvalue weighted by atomic mass is 10.0. The molecule has 0 bridgehead atoms. The van der Waals surface area contributed by atoms with Crippen molar-refractivity contribution >= 4 is 12.2 Å². The summed E-state index contributed by atoms with van der Waals surface area (Å²) in [5.74, 6) is 2.77. The van der Waals surface area contributed by atoms with E-state index in [2.05, 4.69) is 29.4 Å². The van der Waals surface area contributed by atoms with Gasteiger partial charge in [0.2, 0.25) is 5.89 Å². The van der Waals surface area contributed by atoms with Crippen molar-refractivity contribution < 1.29 is 23.6 Å². The molecular weight excluding hydrogens is 520 g/mol. The van der Waals surface area contributed by atoms with Gasteiger partial charge < -0.3 is 23.8 Å². The van der Waals surface area contributed by atoms with Gasteiger partial charge in [0.15, 0.2) is 5.82 Å². The van der Waals surface area contributed by atoms with Crippen molar-refractivity contribution in [2.24, 2.45) is 11.8 Å². The molecule has 222 valence electrons. The minimum Gasteiger partial charge on any atom is -0.444 e. The van der Waals surface area contributed by atoms with Crippen molar-refractivity contribution in [1.29, 1.82) is 0 Å². The molecule has 3 aliphatic carbocycles. The highest BCUT2D eigenvalue weighted by Gasteiger charge is 2.55. The average Bonchev–Trinajstić information content (AvgIpc) is 3.67. The van der Waals surface area contributed by atoms with Crippen LogP contribution in [0.4, 0.5) is 9.59 Å². The molecule has 2 aromatic rings. The van der Waals surface area contributed by atoms with E-state index >= 15 is 0 Å². The summed E-state index contributed by atoms with van der Waals surface area (Å²) < 4.78 is 17.3. The molecule has 9 heteroatoms. The minimum atomic E-state index is -0.567. The SMILES string of the molecule is CC(C)(C)OC(=O)N1C[C@H]2C[C@@H](c3nc(C4(CN(C(=O)OC(C)(C)C)[C@@H]5C[C@H]5c5ccccc5)CC4)no3)C[C@H]2C1. The van der Waals surface area contributed by atoms with E-state index in [9.17, 15) is 9.59 Å². The molecule has 6 rings (SSSR count). The first kappa shape index (κ1) is 28.0. The second-order valence-corrected chi connectivity index (χ2v) is 14.7. The van der Waals surface area contributed by atoms with Gasteiger partial charge in [-0.05, 0) is 91.0 Å². The fourth-order valence-electron chi connectivity index (χ4n) is 6.75. The molecule has 0 spiro atoms. The molecule has 1 saturated heterocycles. The molecule has 1 aromatic carbocycles. The third-order valence-corrected chi connectivity index (χ3v) is 9.01. The molecule has 2 amide bonds. The number of rotatable bonds is 6. The van der Waals surface area contributed by atoms with Crippen molar-refractivity contribution in [3.8, 4) is 0 Å². The van der Waals surface area contributed by atoms with Gasteiger partial charge in [0.05, 0.1) is 5.41 Å². The van der Waals surface area contributed by atoms with E-state index in [1.54, 1.807) is 0 Å². The molecule has 9 nitrogen and oxygen atoms in total.